The van der Waals surface area contributed by atoms with Crippen LogP contribution in [0.2, 0.25) is 5.02 Å². The highest BCUT2D eigenvalue weighted by Crippen LogP contribution is 2.39. The number of esters is 1. The summed E-state index contributed by atoms with van der Waals surface area (Å²) in [6.07, 6.45) is 1.34. The van der Waals surface area contributed by atoms with Crippen LogP contribution in [0.15, 0.2) is 46.0 Å². The van der Waals surface area contributed by atoms with Crippen LogP contribution < -0.4 is 5.32 Å². The van der Waals surface area contributed by atoms with E-state index in [1.54, 1.807) is 11.6 Å². The van der Waals surface area contributed by atoms with E-state index in [4.69, 9.17) is 21.1 Å². The van der Waals surface area contributed by atoms with Crippen LogP contribution in [0.4, 0.5) is 4.39 Å². The van der Waals surface area contributed by atoms with Crippen LogP contribution in [0.1, 0.15) is 29.5 Å². The van der Waals surface area contributed by atoms with E-state index in [-0.39, 0.29) is 35.1 Å². The van der Waals surface area contributed by atoms with Crippen LogP contribution in [0.3, 0.4) is 0 Å². The van der Waals surface area contributed by atoms with Gasteiger partial charge in [-0.25, -0.2) is 19.0 Å². The largest absolute Gasteiger partial charge is 0.478 e. The monoisotopic (exact) mass is 564 g/mol. The number of carbonyl (C=O) groups excluding carboxylic acids is 1. The van der Waals surface area contributed by atoms with Crippen molar-refractivity contribution in [2.75, 3.05) is 26.9 Å². The highest BCUT2D eigenvalue weighted by atomic mass is 35.5. The third-order valence-corrected chi connectivity index (χ3v) is 8.29. The number of piperidine rings is 1. The van der Waals surface area contributed by atoms with E-state index in [1.807, 2.05) is 0 Å². The van der Waals surface area contributed by atoms with Gasteiger partial charge in [0.1, 0.15) is 11.9 Å². The molecule has 2 bridgehead atoms. The molecule has 0 radical (unpaired) electrons. The van der Waals surface area contributed by atoms with Crippen molar-refractivity contribution in [1.82, 2.24) is 15.2 Å². The van der Waals surface area contributed by atoms with Crippen LogP contribution in [-0.4, -0.2) is 82.9 Å². The maximum absolute atomic E-state index is 13.8. The fourth-order valence-electron chi connectivity index (χ4n) is 5.41. The molecular formula is C25H26ClFN4O6S. The summed E-state index contributed by atoms with van der Waals surface area (Å²) in [6.45, 7) is 0.968. The molecule has 3 unspecified atom stereocenters. The molecule has 4 heterocycles. The topological polar surface area (TPSA) is 134 Å². The predicted molar refractivity (Wildman–Crippen MR) is 136 cm³/mol. The van der Waals surface area contributed by atoms with E-state index >= 15 is 0 Å². The number of carboxylic acids is 1. The van der Waals surface area contributed by atoms with Gasteiger partial charge in [-0.3, -0.25) is 9.89 Å². The molecule has 4 atom stereocenters. The molecule has 0 saturated carbocycles. The Morgan fingerprint density at radius 1 is 1.34 bits per heavy atom. The first-order valence-electron chi connectivity index (χ1n) is 12.0. The lowest BCUT2D eigenvalue weighted by Gasteiger charge is -2.49. The Kier molecular flexibility index (Phi) is 7.78. The zero-order chi connectivity index (χ0) is 27.0. The number of rotatable bonds is 7. The zero-order valence-electron chi connectivity index (χ0n) is 20.3. The predicted octanol–water partition coefficient (Wildman–Crippen LogP) is 2.38. The number of methoxy groups -OCH3 is 1. The number of hydrogen-bond acceptors (Lipinski definition) is 10. The molecule has 2 fully saturated rings. The molecule has 3 N–H and O–H groups in total. The Morgan fingerprint density at radius 3 is 2.68 bits per heavy atom. The van der Waals surface area contributed by atoms with E-state index in [0.29, 0.717) is 48.2 Å². The first kappa shape index (κ1) is 26.7. The van der Waals surface area contributed by atoms with Gasteiger partial charge in [-0.15, -0.1) is 11.3 Å². The van der Waals surface area contributed by atoms with Gasteiger partial charge in [-0.05, 0) is 30.9 Å². The molecule has 3 aliphatic heterocycles. The van der Waals surface area contributed by atoms with Gasteiger partial charge in [0.2, 0.25) is 0 Å². The first-order chi connectivity index (χ1) is 18.3. The average Bonchev–Trinajstić information content (AvgIpc) is 3.42. The van der Waals surface area contributed by atoms with Crippen molar-refractivity contribution in [2.45, 2.75) is 37.1 Å². The van der Waals surface area contributed by atoms with Crippen molar-refractivity contribution in [2.24, 2.45) is 10.9 Å². The van der Waals surface area contributed by atoms with Crippen molar-refractivity contribution < 1.29 is 33.7 Å². The number of carboxylic acid groups (broad SMARTS) is 1. The second-order valence-electron chi connectivity index (χ2n) is 9.42. The number of ether oxygens (including phenoxy) is 2. The number of carbonyl (C=O) groups is 2. The number of amidine groups is 1. The zero-order valence-corrected chi connectivity index (χ0v) is 21.9. The lowest BCUT2D eigenvalue weighted by Crippen LogP contribution is -2.60. The Bertz CT molecular complexity index is 1270. The Balaban J connectivity index is 1.51. The third kappa shape index (κ3) is 5.19. The number of aliphatic hydroxyl groups excluding tert-OH is 1. The number of aliphatic imine (C=N–C) groups is 1. The smallest absolute Gasteiger partial charge is 0.335 e. The molecule has 2 aromatic rings. The fourth-order valence-corrected chi connectivity index (χ4v) is 6.27. The SMILES string of the molecule is COC(=O)C(O)C1CC2COCC(C1)N2CC1=C(C(=O)O)[C@H](c2ccc(F)cc2Cl)N=C(c2nccs2)N1. The highest BCUT2D eigenvalue weighted by molar-refractivity contribution is 7.11. The molecule has 5 rings (SSSR count). The van der Waals surface area contributed by atoms with E-state index in [1.165, 1.54) is 30.6 Å². The minimum atomic E-state index is -1.24. The summed E-state index contributed by atoms with van der Waals surface area (Å²) in [6, 6.07) is 2.48. The quantitative estimate of drug-likeness (QED) is 0.433. The van der Waals surface area contributed by atoms with Gasteiger partial charge in [0.15, 0.2) is 16.9 Å². The van der Waals surface area contributed by atoms with Crippen LogP contribution in [0.5, 0.6) is 0 Å². The van der Waals surface area contributed by atoms with Crippen LogP contribution in [0, 0.1) is 11.7 Å². The van der Waals surface area contributed by atoms with E-state index in [9.17, 15) is 24.2 Å². The maximum atomic E-state index is 13.8. The summed E-state index contributed by atoms with van der Waals surface area (Å²) in [5.74, 6) is -2.30. The fraction of sp³-hybridized carbons (Fsp3) is 0.440. The van der Waals surface area contributed by atoms with Crippen molar-refractivity contribution in [1.29, 1.82) is 0 Å². The number of fused-ring (bicyclic) bond motifs is 2. The standard InChI is InChI=1S/C25H26ClFN4O6S/c1-36-25(35)21(32)12-6-14-10-37-11-15(7-12)31(14)9-18-19(24(33)34)20(16-3-2-13(27)8-17(16)26)30-22(29-18)23-28-4-5-38-23/h2-5,8,12,14-15,20-21,32H,6-7,9-11H2,1H3,(H,29,30)(H,33,34)/t12?,14?,15?,20-,21?/m0/s1. The van der Waals surface area contributed by atoms with Crippen molar-refractivity contribution in [3.05, 3.63) is 62.5 Å². The van der Waals surface area contributed by atoms with Gasteiger partial charge in [0.25, 0.3) is 0 Å². The first-order valence-corrected chi connectivity index (χ1v) is 13.3. The number of hydrogen-bond donors (Lipinski definition) is 3. The minimum Gasteiger partial charge on any atom is -0.478 e. The van der Waals surface area contributed by atoms with Gasteiger partial charge in [0, 0.05) is 46.5 Å². The Labute approximate surface area is 226 Å². The molecule has 13 heteroatoms. The molecule has 0 aliphatic carbocycles. The normalized spacial score (nSPS) is 26.4. The van der Waals surface area contributed by atoms with Crippen molar-refractivity contribution in [3.8, 4) is 0 Å². The van der Waals surface area contributed by atoms with Gasteiger partial charge >= 0.3 is 11.9 Å². The maximum Gasteiger partial charge on any atom is 0.335 e. The van der Waals surface area contributed by atoms with E-state index in [2.05, 4.69) is 20.2 Å². The molecule has 1 aromatic heterocycles. The lowest BCUT2D eigenvalue weighted by atomic mass is 9.81. The van der Waals surface area contributed by atoms with E-state index < -0.39 is 29.9 Å². The number of thiazole rings is 1. The molecule has 202 valence electrons. The number of aliphatic carboxylic acids is 1. The summed E-state index contributed by atoms with van der Waals surface area (Å²) in [4.78, 5) is 35.7. The summed E-state index contributed by atoms with van der Waals surface area (Å²) in [7, 11) is 1.24. The number of benzene rings is 1. The third-order valence-electron chi connectivity index (χ3n) is 7.19. The number of aromatic nitrogens is 1. The van der Waals surface area contributed by atoms with Gasteiger partial charge in [0.05, 0.1) is 25.9 Å². The van der Waals surface area contributed by atoms with Crippen LogP contribution in [-0.2, 0) is 19.1 Å². The lowest BCUT2D eigenvalue weighted by molar-refractivity contribution is -0.159. The number of aliphatic hydroxyl groups is 1. The number of nitrogens with one attached hydrogen (secondary N) is 1. The summed E-state index contributed by atoms with van der Waals surface area (Å²) in [5, 5.41) is 26.4. The second-order valence-corrected chi connectivity index (χ2v) is 10.7. The average molecular weight is 565 g/mol. The number of morpholine rings is 1. The van der Waals surface area contributed by atoms with Gasteiger partial charge in [-0.1, -0.05) is 17.7 Å². The van der Waals surface area contributed by atoms with Crippen LogP contribution in [0.25, 0.3) is 0 Å². The highest BCUT2D eigenvalue weighted by Gasteiger charge is 2.44. The molecule has 2 saturated heterocycles. The summed E-state index contributed by atoms with van der Waals surface area (Å²) >= 11 is 7.70. The Morgan fingerprint density at radius 2 is 2.08 bits per heavy atom. The molecular weight excluding hydrogens is 539 g/mol. The number of halogens is 2. The molecule has 10 nitrogen and oxygen atoms in total. The number of nitrogens with zero attached hydrogens (tertiary/aromatic N) is 3. The van der Waals surface area contributed by atoms with Crippen LogP contribution >= 0.6 is 22.9 Å². The molecule has 3 aliphatic rings. The summed E-state index contributed by atoms with van der Waals surface area (Å²) < 4.78 is 24.3. The molecule has 0 spiro atoms. The van der Waals surface area contributed by atoms with Crippen molar-refractivity contribution >= 4 is 40.7 Å². The minimum absolute atomic E-state index is 0.00507. The van der Waals surface area contributed by atoms with E-state index in [0.717, 1.165) is 6.07 Å². The summed E-state index contributed by atoms with van der Waals surface area (Å²) in [5.41, 5.74) is 0.767. The molecule has 0 amide bonds. The second kappa shape index (κ2) is 11.1. The molecule has 1 aromatic carbocycles. The molecule has 38 heavy (non-hydrogen) atoms. The van der Waals surface area contributed by atoms with Gasteiger partial charge in [-0.2, -0.15) is 0 Å². The Hall–Kier alpha value is -2.90. The van der Waals surface area contributed by atoms with Crippen molar-refractivity contribution in [3.63, 3.8) is 0 Å². The van der Waals surface area contributed by atoms with Gasteiger partial charge < -0.3 is 25.0 Å².